The molecule has 8 heavy (non-hydrogen) atoms. The Morgan fingerprint density at radius 3 is 2.50 bits per heavy atom. The van der Waals surface area contributed by atoms with Crippen molar-refractivity contribution in [2.45, 2.75) is 20.2 Å². The third-order valence-electron chi connectivity index (χ3n) is 1.10. The zero-order valence-corrected chi connectivity index (χ0v) is 6.15. The second-order valence-corrected chi connectivity index (χ2v) is 2.17. The fourth-order valence-electron chi connectivity index (χ4n) is 0.785. The molecule has 0 aromatic carbocycles. The molecular weight excluding hydrogens is 96.9 g/mol. The molecule has 0 heterocycles. The molecule has 0 fully saturated rings. The van der Waals surface area contributed by atoms with Crippen molar-refractivity contribution in [2.24, 2.45) is 0 Å². The first-order chi connectivity index (χ1) is 3.81. The van der Waals surface area contributed by atoms with Crippen LogP contribution in [-0.2, 0) is 0 Å². The summed E-state index contributed by atoms with van der Waals surface area (Å²) < 4.78 is 0. The zero-order valence-electron chi connectivity index (χ0n) is 6.15. The van der Waals surface area contributed by atoms with E-state index in [1.54, 1.807) is 0 Å². The lowest BCUT2D eigenvalue weighted by atomic mass is 9.82. The van der Waals surface area contributed by atoms with Crippen molar-refractivity contribution in [1.82, 2.24) is 4.90 Å². The molecule has 0 rings (SSSR count). The molecule has 2 heteroatoms. The molecule has 0 spiro atoms. The fraction of sp³-hybridized carbons (Fsp3) is 1.00. The molecule has 0 atom stereocenters. The highest BCUT2D eigenvalue weighted by Gasteiger charge is 1.91. The summed E-state index contributed by atoms with van der Waals surface area (Å²) >= 11 is 0. The Bertz CT molecular complexity index is 41.8. The van der Waals surface area contributed by atoms with Crippen molar-refractivity contribution in [3.8, 4) is 0 Å². The molecule has 0 aromatic heterocycles. The molecule has 0 aromatic rings. The summed E-state index contributed by atoms with van der Waals surface area (Å²) in [4.78, 5) is 2.31. The second kappa shape index (κ2) is 5.17. The standard InChI is InChI=1S/C6H15BN/c1-4-5-8(3)6-7-2/h4-6H2,1-3H3. The van der Waals surface area contributed by atoms with Gasteiger partial charge in [0, 0.05) is 0 Å². The van der Waals surface area contributed by atoms with E-state index >= 15 is 0 Å². The molecule has 0 aliphatic heterocycles. The zero-order chi connectivity index (χ0) is 6.41. The van der Waals surface area contributed by atoms with Crippen LogP contribution in [0.15, 0.2) is 0 Å². The van der Waals surface area contributed by atoms with Gasteiger partial charge in [0.1, 0.15) is 7.28 Å². The second-order valence-electron chi connectivity index (χ2n) is 2.17. The Morgan fingerprint density at radius 1 is 1.50 bits per heavy atom. The Kier molecular flexibility index (Phi) is 5.18. The SMILES string of the molecule is C[B]CN(C)CCC. The minimum atomic E-state index is 1.12. The molecule has 0 saturated carbocycles. The van der Waals surface area contributed by atoms with Crippen molar-refractivity contribution in [1.29, 1.82) is 0 Å². The lowest BCUT2D eigenvalue weighted by molar-refractivity contribution is 0.387. The Hall–Kier alpha value is 0.0249. The molecule has 0 amide bonds. The van der Waals surface area contributed by atoms with Crippen molar-refractivity contribution in [3.63, 3.8) is 0 Å². The molecule has 0 saturated heterocycles. The molecule has 0 aliphatic rings. The summed E-state index contributed by atoms with van der Waals surface area (Å²) in [6.07, 6.45) is 2.37. The maximum Gasteiger partial charge on any atom is 0.125 e. The molecule has 0 aliphatic carbocycles. The van der Waals surface area contributed by atoms with Gasteiger partial charge in [-0.1, -0.05) is 13.7 Å². The van der Waals surface area contributed by atoms with Crippen LogP contribution < -0.4 is 0 Å². The van der Waals surface area contributed by atoms with Crippen molar-refractivity contribution >= 4 is 7.28 Å². The number of hydrogen-bond donors (Lipinski definition) is 0. The quantitative estimate of drug-likeness (QED) is 0.491. The van der Waals surface area contributed by atoms with Crippen molar-refractivity contribution in [3.05, 3.63) is 0 Å². The van der Waals surface area contributed by atoms with Crippen LogP contribution in [0.25, 0.3) is 0 Å². The van der Waals surface area contributed by atoms with E-state index in [9.17, 15) is 0 Å². The van der Waals surface area contributed by atoms with Crippen molar-refractivity contribution < 1.29 is 0 Å². The first-order valence-corrected chi connectivity index (χ1v) is 3.27. The van der Waals surface area contributed by atoms with Gasteiger partial charge < -0.3 is 4.90 Å². The summed E-state index contributed by atoms with van der Waals surface area (Å²) in [6, 6.07) is 0. The van der Waals surface area contributed by atoms with Crippen molar-refractivity contribution in [2.75, 3.05) is 20.0 Å². The molecule has 0 unspecified atom stereocenters. The predicted octanol–water partition coefficient (Wildman–Crippen LogP) is 1.04. The number of rotatable bonds is 4. The lowest BCUT2D eigenvalue weighted by Gasteiger charge is -2.12. The van der Waals surface area contributed by atoms with Crippen LogP contribution in [0.5, 0.6) is 0 Å². The fourth-order valence-corrected chi connectivity index (χ4v) is 0.785. The van der Waals surface area contributed by atoms with Crippen LogP contribution in [0.2, 0.25) is 6.82 Å². The van der Waals surface area contributed by atoms with Gasteiger partial charge in [-0.15, -0.1) is 0 Å². The van der Waals surface area contributed by atoms with Crippen LogP contribution in [0.3, 0.4) is 0 Å². The number of nitrogens with zero attached hydrogens (tertiary/aromatic N) is 1. The summed E-state index contributed by atoms with van der Waals surface area (Å²) in [5.74, 6) is 0. The smallest absolute Gasteiger partial charge is 0.125 e. The monoisotopic (exact) mass is 112 g/mol. The highest BCUT2D eigenvalue weighted by molar-refractivity contribution is 6.33. The minimum absolute atomic E-state index is 1.12. The van der Waals surface area contributed by atoms with Crippen LogP contribution in [0, 0.1) is 0 Å². The highest BCUT2D eigenvalue weighted by Crippen LogP contribution is 1.82. The van der Waals surface area contributed by atoms with Gasteiger partial charge in [0.05, 0.1) is 0 Å². The Labute approximate surface area is 53.3 Å². The molecule has 1 radical (unpaired) electrons. The average Bonchev–Trinajstić information content (AvgIpc) is 1.68. The van der Waals surface area contributed by atoms with Gasteiger partial charge in [-0.2, -0.15) is 0 Å². The van der Waals surface area contributed by atoms with E-state index in [1.165, 1.54) is 13.0 Å². The van der Waals surface area contributed by atoms with Gasteiger partial charge in [0.25, 0.3) is 0 Å². The topological polar surface area (TPSA) is 3.24 Å². The third-order valence-corrected chi connectivity index (χ3v) is 1.10. The predicted molar refractivity (Wildman–Crippen MR) is 39.4 cm³/mol. The Morgan fingerprint density at radius 2 is 2.12 bits per heavy atom. The summed E-state index contributed by atoms with van der Waals surface area (Å²) in [5.41, 5.74) is 0. The van der Waals surface area contributed by atoms with Gasteiger partial charge in [-0.3, -0.25) is 0 Å². The first-order valence-electron chi connectivity index (χ1n) is 3.27. The molecule has 0 bridgehead atoms. The van der Waals surface area contributed by atoms with Gasteiger partial charge >= 0.3 is 0 Å². The normalized spacial score (nSPS) is 10.0. The van der Waals surface area contributed by atoms with E-state index in [0.29, 0.717) is 0 Å². The van der Waals surface area contributed by atoms with Crippen LogP contribution >= 0.6 is 0 Å². The van der Waals surface area contributed by atoms with E-state index in [4.69, 9.17) is 0 Å². The van der Waals surface area contributed by atoms with E-state index in [0.717, 1.165) is 6.44 Å². The van der Waals surface area contributed by atoms with Crippen LogP contribution in [-0.4, -0.2) is 32.2 Å². The molecule has 0 N–H and O–H groups in total. The summed E-state index contributed by atoms with van der Waals surface area (Å²) in [6.45, 7) is 5.50. The minimum Gasteiger partial charge on any atom is -0.314 e. The largest absolute Gasteiger partial charge is 0.314 e. The van der Waals surface area contributed by atoms with E-state index in [-0.39, 0.29) is 0 Å². The summed E-state index contributed by atoms with van der Waals surface area (Å²) in [7, 11) is 4.32. The van der Waals surface area contributed by atoms with E-state index in [1.807, 2.05) is 0 Å². The van der Waals surface area contributed by atoms with E-state index < -0.39 is 0 Å². The third kappa shape index (κ3) is 4.19. The number of hydrogen-bond acceptors (Lipinski definition) is 1. The van der Waals surface area contributed by atoms with E-state index in [2.05, 4.69) is 33.0 Å². The van der Waals surface area contributed by atoms with Gasteiger partial charge in [-0.25, -0.2) is 0 Å². The highest BCUT2D eigenvalue weighted by atomic mass is 15.1. The van der Waals surface area contributed by atoms with Crippen LogP contribution in [0.4, 0.5) is 0 Å². The maximum absolute atomic E-state index is 2.31. The first kappa shape index (κ1) is 8.02. The summed E-state index contributed by atoms with van der Waals surface area (Å²) in [5, 5.41) is 0. The average molecular weight is 112 g/mol. The molecule has 47 valence electrons. The van der Waals surface area contributed by atoms with Gasteiger partial charge in [-0.05, 0) is 26.5 Å². The van der Waals surface area contributed by atoms with Gasteiger partial charge in [0.2, 0.25) is 0 Å². The Balaban J connectivity index is 2.92. The molecule has 1 nitrogen and oxygen atoms in total. The maximum atomic E-state index is 2.31. The van der Waals surface area contributed by atoms with Crippen LogP contribution in [0.1, 0.15) is 13.3 Å². The van der Waals surface area contributed by atoms with Gasteiger partial charge in [0.15, 0.2) is 0 Å². The molecular formula is C6H15BN. The lowest BCUT2D eigenvalue weighted by Crippen LogP contribution is -2.23.